The van der Waals surface area contributed by atoms with Crippen LogP contribution >= 0.6 is 15.8 Å². The summed E-state index contributed by atoms with van der Waals surface area (Å²) in [5.41, 5.74) is 6.31. The molecule has 4 nitrogen and oxygen atoms in total. The number of benzene rings is 8. The predicted molar refractivity (Wildman–Crippen MR) is 242 cm³/mol. The van der Waals surface area contributed by atoms with Gasteiger partial charge in [0.05, 0.1) is 11.0 Å². The van der Waals surface area contributed by atoms with Crippen LogP contribution in [0, 0.1) is 0 Å². The lowest BCUT2D eigenvalue weighted by atomic mass is 10.1. The van der Waals surface area contributed by atoms with E-state index < -0.39 is 15.8 Å². The molecule has 2 N–H and O–H groups in total. The number of aromatic nitrogens is 2. The number of nitrogens with one attached hydrogen (secondary N) is 2. The van der Waals surface area contributed by atoms with Gasteiger partial charge in [0.15, 0.2) is 0 Å². The van der Waals surface area contributed by atoms with Gasteiger partial charge in [0.2, 0.25) is 0 Å². The molecule has 0 saturated heterocycles. The van der Waals surface area contributed by atoms with E-state index in [1.54, 1.807) is 0 Å². The SMILES string of the molecule is c1ccc(P2c3cc4ccccc4cc3Nc3cc4ccccc4cc3P(c3ccccc3)c3cc4ncccc4cc3Nc3cc4cccnc4cc32)cc1. The molecule has 56 heavy (non-hydrogen) atoms. The van der Waals surface area contributed by atoms with Gasteiger partial charge in [0.25, 0.3) is 0 Å². The zero-order valence-corrected chi connectivity index (χ0v) is 32.1. The second-order valence-corrected chi connectivity index (χ2v) is 18.5. The van der Waals surface area contributed by atoms with Gasteiger partial charge in [-0.3, -0.25) is 9.97 Å². The zero-order chi connectivity index (χ0) is 37.0. The Bertz CT molecular complexity index is 2730. The highest BCUT2D eigenvalue weighted by molar-refractivity contribution is 7.81. The quantitative estimate of drug-likeness (QED) is 0.173. The Kier molecular flexibility index (Phi) is 8.06. The maximum absolute atomic E-state index is 4.91. The molecule has 1 aliphatic rings. The van der Waals surface area contributed by atoms with Crippen molar-refractivity contribution in [3.8, 4) is 0 Å². The summed E-state index contributed by atoms with van der Waals surface area (Å²) in [5.74, 6) is 0. The van der Waals surface area contributed by atoms with Crippen molar-refractivity contribution in [1.29, 1.82) is 0 Å². The Labute approximate surface area is 327 Å². The fourth-order valence-corrected chi connectivity index (χ4v) is 13.1. The summed E-state index contributed by atoms with van der Waals surface area (Å²) in [7, 11) is -2.23. The minimum Gasteiger partial charge on any atom is -0.354 e. The van der Waals surface area contributed by atoms with Gasteiger partial charge < -0.3 is 10.6 Å². The molecule has 2 unspecified atom stereocenters. The first-order chi connectivity index (χ1) is 27.7. The maximum Gasteiger partial charge on any atom is 0.0710 e. The summed E-state index contributed by atoms with van der Waals surface area (Å²) in [6, 6.07) is 66.6. The van der Waals surface area contributed by atoms with Crippen LogP contribution in [0.15, 0.2) is 194 Å². The summed E-state index contributed by atoms with van der Waals surface area (Å²) in [4.78, 5) is 9.82. The van der Waals surface area contributed by atoms with Crippen molar-refractivity contribution >= 4 is 114 Å². The molecular formula is C50H34N4P2. The highest BCUT2D eigenvalue weighted by Gasteiger charge is 2.29. The van der Waals surface area contributed by atoms with Crippen LogP contribution in [0.5, 0.6) is 0 Å². The van der Waals surface area contributed by atoms with Crippen molar-refractivity contribution in [2.24, 2.45) is 0 Å². The Balaban J connectivity index is 1.31. The van der Waals surface area contributed by atoms with Gasteiger partial charge in [-0.15, -0.1) is 0 Å². The van der Waals surface area contributed by atoms with E-state index in [2.05, 4.69) is 180 Å². The van der Waals surface area contributed by atoms with E-state index in [1.165, 1.54) is 53.4 Å². The smallest absolute Gasteiger partial charge is 0.0710 e. The van der Waals surface area contributed by atoms with Crippen LogP contribution in [0.3, 0.4) is 0 Å². The molecule has 8 aromatic carbocycles. The average Bonchev–Trinajstić information content (AvgIpc) is 3.25. The van der Waals surface area contributed by atoms with Crippen LogP contribution < -0.4 is 42.5 Å². The number of rotatable bonds is 2. The first-order valence-electron chi connectivity index (χ1n) is 18.8. The first-order valence-corrected chi connectivity index (χ1v) is 21.5. The van der Waals surface area contributed by atoms with E-state index >= 15 is 0 Å². The topological polar surface area (TPSA) is 49.8 Å². The maximum atomic E-state index is 4.91. The molecule has 0 saturated carbocycles. The first kappa shape index (κ1) is 32.9. The van der Waals surface area contributed by atoms with Crippen molar-refractivity contribution in [1.82, 2.24) is 9.97 Å². The van der Waals surface area contributed by atoms with Gasteiger partial charge in [-0.05, 0) is 109 Å². The Morgan fingerprint density at radius 2 is 0.625 bits per heavy atom. The molecule has 0 fully saturated rings. The van der Waals surface area contributed by atoms with E-state index in [1.807, 2.05) is 24.5 Å². The summed E-state index contributed by atoms with van der Waals surface area (Å²) in [6.45, 7) is 0. The van der Waals surface area contributed by atoms with E-state index in [0.29, 0.717) is 0 Å². The number of hydrogen-bond acceptors (Lipinski definition) is 4. The highest BCUT2D eigenvalue weighted by Crippen LogP contribution is 2.46. The molecule has 1 aliphatic heterocycles. The summed E-state index contributed by atoms with van der Waals surface area (Å²) < 4.78 is 0. The standard InChI is InChI=1S/C50H34N4P2/c1-3-19-39(20-4-1)55-47-29-35-15-9-7-13-33(35)25-43(47)53-44-26-34-14-8-10-16-36(34)30-48(44)56(40-21-5-2-6-22-40)50-32-42-38(18-12-24-52-42)28-46(50)54-45-27-37-17-11-23-51-41(37)31-49(45)55/h1-32,53-54H. The summed E-state index contributed by atoms with van der Waals surface area (Å²) in [6.07, 6.45) is 3.79. The molecular weight excluding hydrogens is 719 g/mol. The molecule has 10 aromatic rings. The number of fused-ring (bicyclic) bond motifs is 8. The minimum absolute atomic E-state index is 0.977. The van der Waals surface area contributed by atoms with E-state index in [9.17, 15) is 0 Å². The fourth-order valence-electron chi connectivity index (χ4n) is 8.08. The monoisotopic (exact) mass is 752 g/mol. The Morgan fingerprint density at radius 1 is 0.304 bits per heavy atom. The van der Waals surface area contributed by atoms with Crippen molar-refractivity contribution in [2.45, 2.75) is 0 Å². The zero-order valence-electron chi connectivity index (χ0n) is 30.3. The van der Waals surface area contributed by atoms with Crippen LogP contribution in [0.1, 0.15) is 0 Å². The third kappa shape index (κ3) is 5.78. The molecule has 0 spiro atoms. The van der Waals surface area contributed by atoms with Gasteiger partial charge in [0, 0.05) is 67.1 Å². The molecule has 6 heteroatoms. The molecule has 0 bridgehead atoms. The number of nitrogens with zero attached hydrogens (tertiary/aromatic N) is 2. The van der Waals surface area contributed by atoms with Crippen molar-refractivity contribution in [2.75, 3.05) is 10.6 Å². The molecule has 2 aromatic heterocycles. The van der Waals surface area contributed by atoms with Crippen LogP contribution in [0.2, 0.25) is 0 Å². The second-order valence-electron chi connectivity index (χ2n) is 14.2. The third-order valence-electron chi connectivity index (χ3n) is 10.7. The van der Waals surface area contributed by atoms with Gasteiger partial charge in [-0.1, -0.05) is 121 Å². The van der Waals surface area contributed by atoms with Crippen molar-refractivity contribution in [3.05, 3.63) is 194 Å². The lowest BCUT2D eigenvalue weighted by Crippen LogP contribution is -2.29. The molecule has 0 amide bonds. The largest absolute Gasteiger partial charge is 0.354 e. The van der Waals surface area contributed by atoms with Crippen LogP contribution in [0.4, 0.5) is 22.7 Å². The molecule has 11 rings (SSSR count). The predicted octanol–water partition coefficient (Wildman–Crippen LogP) is 10.4. The average molecular weight is 753 g/mol. The number of anilines is 4. The summed E-state index contributed by atoms with van der Waals surface area (Å²) >= 11 is 0. The van der Waals surface area contributed by atoms with Crippen molar-refractivity contribution in [3.63, 3.8) is 0 Å². The lowest BCUT2D eigenvalue weighted by Gasteiger charge is -2.31. The summed E-state index contributed by atoms with van der Waals surface area (Å²) in [5, 5.41) is 22.8. The van der Waals surface area contributed by atoms with Crippen LogP contribution in [-0.4, -0.2) is 9.97 Å². The molecule has 2 atom stereocenters. The number of pyridine rings is 2. The van der Waals surface area contributed by atoms with Gasteiger partial charge in [-0.25, -0.2) is 0 Å². The van der Waals surface area contributed by atoms with Crippen LogP contribution in [0.25, 0.3) is 43.4 Å². The third-order valence-corrected chi connectivity index (χ3v) is 15.7. The highest BCUT2D eigenvalue weighted by atomic mass is 31.1. The van der Waals surface area contributed by atoms with E-state index in [4.69, 9.17) is 9.97 Å². The molecule has 3 heterocycles. The normalized spacial score (nSPS) is 15.1. The van der Waals surface area contributed by atoms with E-state index in [0.717, 1.165) is 44.6 Å². The molecule has 0 aliphatic carbocycles. The van der Waals surface area contributed by atoms with Crippen molar-refractivity contribution < 1.29 is 0 Å². The van der Waals surface area contributed by atoms with Gasteiger partial charge >= 0.3 is 0 Å². The Hall–Kier alpha value is -6.44. The second kappa shape index (κ2) is 13.7. The molecule has 264 valence electrons. The van der Waals surface area contributed by atoms with Crippen LogP contribution in [-0.2, 0) is 0 Å². The lowest BCUT2D eigenvalue weighted by molar-refractivity contribution is 1.41. The Morgan fingerprint density at radius 3 is 1.04 bits per heavy atom. The number of hydrogen-bond donors (Lipinski definition) is 2. The fraction of sp³-hybridized carbons (Fsp3) is 0. The molecule has 0 radical (unpaired) electrons. The van der Waals surface area contributed by atoms with Gasteiger partial charge in [0.1, 0.15) is 0 Å². The minimum atomic E-state index is -1.11. The van der Waals surface area contributed by atoms with E-state index in [-0.39, 0.29) is 0 Å². The van der Waals surface area contributed by atoms with Gasteiger partial charge in [-0.2, -0.15) is 0 Å².